The van der Waals surface area contributed by atoms with Crippen molar-refractivity contribution in [1.82, 2.24) is 19.9 Å². The number of benzene rings is 1. The number of imidazole rings is 1. The van der Waals surface area contributed by atoms with Crippen molar-refractivity contribution in [2.24, 2.45) is 0 Å². The van der Waals surface area contributed by atoms with Crippen LogP contribution in [0.5, 0.6) is 11.5 Å². The van der Waals surface area contributed by atoms with Gasteiger partial charge in [0.2, 0.25) is 6.79 Å². The average Bonchev–Trinajstić information content (AvgIpc) is 3.39. The molecule has 9 heteroatoms. The van der Waals surface area contributed by atoms with E-state index in [1.165, 1.54) is 11.3 Å². The fourth-order valence-corrected chi connectivity index (χ4v) is 3.22. The standard InChI is InChI=1S/C17H17N5O3S/c23-16(19-4-1-6-22-7-5-18-10-22)13-9-26-17(21-13)20-12-2-3-14-15(8-12)25-11-24-14/h2-3,5,7-10H,1,4,6,11H2,(H,19,23)(H,20,21). The van der Waals surface area contributed by atoms with Crippen molar-refractivity contribution < 1.29 is 14.3 Å². The maximum atomic E-state index is 12.2. The topological polar surface area (TPSA) is 90.3 Å². The Kier molecular flexibility index (Phi) is 4.69. The van der Waals surface area contributed by atoms with Gasteiger partial charge in [-0.2, -0.15) is 0 Å². The number of carbonyl (C=O) groups is 1. The highest BCUT2D eigenvalue weighted by atomic mass is 32.1. The lowest BCUT2D eigenvalue weighted by atomic mass is 10.3. The Balaban J connectivity index is 1.29. The zero-order chi connectivity index (χ0) is 17.8. The van der Waals surface area contributed by atoms with Crippen molar-refractivity contribution in [3.8, 4) is 11.5 Å². The third-order valence-corrected chi connectivity index (χ3v) is 4.56. The lowest BCUT2D eigenvalue weighted by molar-refractivity contribution is 0.0948. The van der Waals surface area contributed by atoms with Crippen molar-refractivity contribution in [2.45, 2.75) is 13.0 Å². The summed E-state index contributed by atoms with van der Waals surface area (Å²) in [6, 6.07) is 5.57. The summed E-state index contributed by atoms with van der Waals surface area (Å²) in [5.41, 5.74) is 1.23. The SMILES string of the molecule is O=C(NCCCn1ccnc1)c1csc(Nc2ccc3c(c2)OCO3)n1. The molecule has 1 amide bonds. The van der Waals surface area contributed by atoms with Crippen molar-refractivity contribution in [3.63, 3.8) is 0 Å². The van der Waals surface area contributed by atoms with Crippen LogP contribution in [-0.2, 0) is 6.54 Å². The number of aryl methyl sites for hydroxylation is 1. The second kappa shape index (κ2) is 7.44. The second-order valence-electron chi connectivity index (χ2n) is 5.64. The van der Waals surface area contributed by atoms with Crippen LogP contribution in [0.25, 0.3) is 0 Å². The van der Waals surface area contributed by atoms with Crippen LogP contribution in [0.15, 0.2) is 42.3 Å². The van der Waals surface area contributed by atoms with Crippen molar-refractivity contribution in [1.29, 1.82) is 0 Å². The van der Waals surface area contributed by atoms with Gasteiger partial charge in [0.25, 0.3) is 5.91 Å². The summed E-state index contributed by atoms with van der Waals surface area (Å²) in [5, 5.41) is 8.44. The van der Waals surface area contributed by atoms with Crippen molar-refractivity contribution in [3.05, 3.63) is 48.0 Å². The van der Waals surface area contributed by atoms with Gasteiger partial charge < -0.3 is 24.7 Å². The Morgan fingerprint density at radius 1 is 1.31 bits per heavy atom. The molecule has 1 aliphatic rings. The molecular formula is C17H17N5O3S. The molecule has 3 heterocycles. The van der Waals surface area contributed by atoms with Crippen LogP contribution in [-0.4, -0.2) is 33.8 Å². The number of nitrogens with one attached hydrogen (secondary N) is 2. The summed E-state index contributed by atoms with van der Waals surface area (Å²) in [5.74, 6) is 1.25. The Labute approximate surface area is 153 Å². The third-order valence-electron chi connectivity index (χ3n) is 3.80. The number of hydrogen-bond donors (Lipinski definition) is 2. The Morgan fingerprint density at radius 3 is 3.12 bits per heavy atom. The van der Waals surface area contributed by atoms with Crippen LogP contribution in [0.2, 0.25) is 0 Å². The molecule has 0 spiro atoms. The quantitative estimate of drug-likeness (QED) is 0.621. The fourth-order valence-electron chi connectivity index (χ4n) is 2.51. The van der Waals surface area contributed by atoms with Crippen LogP contribution in [0.4, 0.5) is 10.8 Å². The lowest BCUT2D eigenvalue weighted by Crippen LogP contribution is -2.25. The molecule has 4 rings (SSSR count). The maximum Gasteiger partial charge on any atom is 0.270 e. The van der Waals surface area contributed by atoms with Gasteiger partial charge >= 0.3 is 0 Å². The molecule has 2 N–H and O–H groups in total. The molecule has 134 valence electrons. The minimum absolute atomic E-state index is 0.175. The van der Waals surface area contributed by atoms with Crippen molar-refractivity contribution in [2.75, 3.05) is 18.7 Å². The largest absolute Gasteiger partial charge is 0.454 e. The lowest BCUT2D eigenvalue weighted by Gasteiger charge is -2.04. The third kappa shape index (κ3) is 3.77. The van der Waals surface area contributed by atoms with Gasteiger partial charge in [0, 0.05) is 42.6 Å². The van der Waals surface area contributed by atoms with E-state index < -0.39 is 0 Å². The first kappa shape index (κ1) is 16.4. The number of anilines is 2. The van der Waals surface area contributed by atoms with Gasteiger partial charge in [-0.3, -0.25) is 4.79 Å². The highest BCUT2D eigenvalue weighted by Crippen LogP contribution is 2.35. The van der Waals surface area contributed by atoms with Crippen LogP contribution in [0, 0.1) is 0 Å². The second-order valence-corrected chi connectivity index (χ2v) is 6.50. The summed E-state index contributed by atoms with van der Waals surface area (Å²) in [6.07, 6.45) is 6.23. The molecule has 0 fully saturated rings. The summed E-state index contributed by atoms with van der Waals surface area (Å²) in [7, 11) is 0. The van der Waals surface area contributed by atoms with E-state index in [0.29, 0.717) is 23.1 Å². The zero-order valence-electron chi connectivity index (χ0n) is 13.8. The number of fused-ring (bicyclic) bond motifs is 1. The predicted molar refractivity (Wildman–Crippen MR) is 97.1 cm³/mol. The molecule has 0 saturated heterocycles. The molecule has 1 aliphatic heterocycles. The molecule has 0 saturated carbocycles. The van der Waals surface area contributed by atoms with Gasteiger partial charge in [-0.25, -0.2) is 9.97 Å². The first-order chi connectivity index (χ1) is 12.8. The monoisotopic (exact) mass is 371 g/mol. The van der Waals surface area contributed by atoms with Gasteiger partial charge in [-0.05, 0) is 18.6 Å². The van der Waals surface area contributed by atoms with Gasteiger partial charge in [-0.1, -0.05) is 0 Å². The smallest absolute Gasteiger partial charge is 0.270 e. The number of ether oxygens (including phenoxy) is 2. The molecule has 0 unspecified atom stereocenters. The molecule has 0 radical (unpaired) electrons. The summed E-state index contributed by atoms with van der Waals surface area (Å²) >= 11 is 1.38. The predicted octanol–water partition coefficient (Wildman–Crippen LogP) is 2.63. The van der Waals surface area contributed by atoms with Crippen LogP contribution in [0.3, 0.4) is 0 Å². The average molecular weight is 371 g/mol. The number of nitrogens with zero attached hydrogens (tertiary/aromatic N) is 3. The highest BCUT2D eigenvalue weighted by Gasteiger charge is 2.14. The molecule has 0 aliphatic carbocycles. The van der Waals surface area contributed by atoms with Gasteiger partial charge in [0.05, 0.1) is 6.33 Å². The molecule has 3 aromatic rings. The number of aromatic nitrogens is 3. The van der Waals surface area contributed by atoms with Crippen molar-refractivity contribution >= 4 is 28.1 Å². The van der Waals surface area contributed by atoms with E-state index in [2.05, 4.69) is 20.6 Å². The molecule has 8 nitrogen and oxygen atoms in total. The van der Waals surface area contributed by atoms with Gasteiger partial charge in [0.1, 0.15) is 5.69 Å². The maximum absolute atomic E-state index is 12.2. The number of hydrogen-bond acceptors (Lipinski definition) is 7. The Morgan fingerprint density at radius 2 is 2.23 bits per heavy atom. The van der Waals surface area contributed by atoms with Crippen LogP contribution >= 0.6 is 11.3 Å². The van der Waals surface area contributed by atoms with E-state index in [4.69, 9.17) is 9.47 Å². The first-order valence-electron chi connectivity index (χ1n) is 8.14. The zero-order valence-corrected chi connectivity index (χ0v) is 14.7. The summed E-state index contributed by atoms with van der Waals surface area (Å²) in [6.45, 7) is 1.63. The van der Waals surface area contributed by atoms with Crippen LogP contribution in [0.1, 0.15) is 16.9 Å². The molecule has 1 aromatic carbocycles. The number of thiazole rings is 1. The molecular weight excluding hydrogens is 354 g/mol. The highest BCUT2D eigenvalue weighted by molar-refractivity contribution is 7.14. The fraction of sp³-hybridized carbons (Fsp3) is 0.235. The van der Waals surface area contributed by atoms with Gasteiger partial charge in [0.15, 0.2) is 16.6 Å². The summed E-state index contributed by atoms with van der Waals surface area (Å²) < 4.78 is 12.6. The number of carbonyl (C=O) groups excluding carboxylic acids is 1. The first-order valence-corrected chi connectivity index (χ1v) is 9.02. The Hall–Kier alpha value is -3.07. The number of amides is 1. The number of rotatable bonds is 7. The molecule has 0 atom stereocenters. The van der Waals surface area contributed by atoms with Gasteiger partial charge in [-0.15, -0.1) is 11.3 Å². The molecule has 0 bridgehead atoms. The Bertz CT molecular complexity index is 894. The summed E-state index contributed by atoms with van der Waals surface area (Å²) in [4.78, 5) is 20.5. The van der Waals surface area contributed by atoms with E-state index in [9.17, 15) is 4.79 Å². The van der Waals surface area contributed by atoms with E-state index in [1.807, 2.05) is 29.0 Å². The van der Waals surface area contributed by atoms with E-state index in [0.717, 1.165) is 24.4 Å². The minimum atomic E-state index is -0.175. The van der Waals surface area contributed by atoms with E-state index in [-0.39, 0.29) is 12.7 Å². The van der Waals surface area contributed by atoms with E-state index in [1.54, 1.807) is 17.9 Å². The van der Waals surface area contributed by atoms with E-state index >= 15 is 0 Å². The molecule has 2 aromatic heterocycles. The van der Waals surface area contributed by atoms with Crippen LogP contribution < -0.4 is 20.1 Å². The normalized spacial score (nSPS) is 12.2. The minimum Gasteiger partial charge on any atom is -0.454 e. The molecule has 26 heavy (non-hydrogen) atoms.